The Kier molecular flexibility index (Phi) is 16.4. The van der Waals surface area contributed by atoms with Crippen LogP contribution in [0.5, 0.6) is 0 Å². The molecule has 0 bridgehead atoms. The van der Waals surface area contributed by atoms with Crippen molar-refractivity contribution in [1.82, 2.24) is 4.90 Å². The van der Waals surface area contributed by atoms with Crippen LogP contribution in [0.1, 0.15) is 83.6 Å². The molecule has 2 heteroatoms. The van der Waals surface area contributed by atoms with Gasteiger partial charge >= 0.3 is 0 Å². The molecular formula is C22H41NO. The minimum Gasteiger partial charge on any atom is -0.412 e. The van der Waals surface area contributed by atoms with Gasteiger partial charge in [-0.05, 0) is 44.5 Å². The monoisotopic (exact) mass is 335 g/mol. The van der Waals surface area contributed by atoms with Gasteiger partial charge in [0.1, 0.15) is 0 Å². The van der Waals surface area contributed by atoms with Gasteiger partial charge in [0.25, 0.3) is 0 Å². The number of hydrogen-bond donors (Lipinski definition) is 0. The van der Waals surface area contributed by atoms with E-state index in [9.17, 15) is 0 Å². The first-order valence-corrected chi connectivity index (χ1v) is 10.1. The third-order valence-corrected chi connectivity index (χ3v) is 4.93. The van der Waals surface area contributed by atoms with Gasteiger partial charge in [-0.3, -0.25) is 0 Å². The molecule has 0 heterocycles. The van der Waals surface area contributed by atoms with Crippen LogP contribution in [0.3, 0.4) is 0 Å². The molecule has 0 atom stereocenters. The van der Waals surface area contributed by atoms with Gasteiger partial charge in [-0.2, -0.15) is 0 Å². The second-order valence-corrected chi connectivity index (χ2v) is 6.80. The molecule has 24 heavy (non-hydrogen) atoms. The van der Waals surface area contributed by atoms with Crippen LogP contribution in [0.2, 0.25) is 0 Å². The van der Waals surface area contributed by atoms with Crippen molar-refractivity contribution in [3.8, 4) is 0 Å². The van der Waals surface area contributed by atoms with Crippen molar-refractivity contribution in [3.05, 3.63) is 35.9 Å². The number of hydrogen-bond acceptors (Lipinski definition) is 1. The first kappa shape index (κ1) is 23.1. The number of benzene rings is 1. The molecular weight excluding hydrogens is 294 g/mol. The van der Waals surface area contributed by atoms with Crippen molar-refractivity contribution in [2.75, 3.05) is 19.6 Å². The summed E-state index contributed by atoms with van der Waals surface area (Å²) in [5, 5.41) is 0. The standard InChI is InChI=1S/C22H39N.H2O/c1-3-23(4-2)21-17-12-10-8-6-5-7-9-11-14-18-22-19-15-13-16-20-22;/h13,15-16,19-20H,3-12,14,17-18,21H2,1-2H3;1H2. The van der Waals surface area contributed by atoms with E-state index >= 15 is 0 Å². The van der Waals surface area contributed by atoms with E-state index in [1.54, 1.807) is 0 Å². The maximum atomic E-state index is 2.54. The van der Waals surface area contributed by atoms with Gasteiger partial charge < -0.3 is 10.4 Å². The summed E-state index contributed by atoms with van der Waals surface area (Å²) < 4.78 is 0. The lowest BCUT2D eigenvalue weighted by molar-refractivity contribution is 0.295. The lowest BCUT2D eigenvalue weighted by Gasteiger charge is -2.17. The molecule has 0 aliphatic rings. The summed E-state index contributed by atoms with van der Waals surface area (Å²) in [5.41, 5.74) is 1.50. The summed E-state index contributed by atoms with van der Waals surface area (Å²) in [7, 11) is 0. The van der Waals surface area contributed by atoms with Crippen molar-refractivity contribution >= 4 is 0 Å². The highest BCUT2D eigenvalue weighted by atomic mass is 16.0. The van der Waals surface area contributed by atoms with Crippen LogP contribution in [0.15, 0.2) is 30.3 Å². The van der Waals surface area contributed by atoms with Gasteiger partial charge in [-0.25, -0.2) is 0 Å². The van der Waals surface area contributed by atoms with Gasteiger partial charge in [0.2, 0.25) is 0 Å². The molecule has 1 rings (SSSR count). The second kappa shape index (κ2) is 17.0. The number of aryl methyl sites for hydroxylation is 1. The Morgan fingerprint density at radius 3 is 1.58 bits per heavy atom. The zero-order valence-electron chi connectivity index (χ0n) is 16.2. The Hall–Kier alpha value is -0.860. The minimum atomic E-state index is 0. The van der Waals surface area contributed by atoms with E-state index in [0.717, 1.165) is 0 Å². The van der Waals surface area contributed by atoms with Crippen molar-refractivity contribution in [2.45, 2.75) is 84.5 Å². The van der Waals surface area contributed by atoms with Gasteiger partial charge in [0.05, 0.1) is 0 Å². The normalized spacial score (nSPS) is 10.8. The van der Waals surface area contributed by atoms with Gasteiger partial charge in [0.15, 0.2) is 0 Å². The molecule has 0 saturated carbocycles. The average molecular weight is 336 g/mol. The second-order valence-electron chi connectivity index (χ2n) is 6.80. The maximum absolute atomic E-state index is 2.54. The Morgan fingerprint density at radius 1 is 0.625 bits per heavy atom. The molecule has 140 valence electrons. The van der Waals surface area contributed by atoms with Gasteiger partial charge in [-0.1, -0.05) is 95.5 Å². The lowest BCUT2D eigenvalue weighted by atomic mass is 10.0. The number of rotatable bonds is 15. The number of nitrogens with zero attached hydrogens (tertiary/aromatic N) is 1. The zero-order chi connectivity index (χ0) is 16.6. The molecule has 0 radical (unpaired) electrons. The van der Waals surface area contributed by atoms with Gasteiger partial charge in [0, 0.05) is 0 Å². The van der Waals surface area contributed by atoms with E-state index < -0.39 is 0 Å². The highest BCUT2D eigenvalue weighted by Gasteiger charge is 1.98. The van der Waals surface area contributed by atoms with Crippen molar-refractivity contribution in [1.29, 1.82) is 0 Å². The molecule has 0 aromatic heterocycles. The van der Waals surface area contributed by atoms with E-state index in [1.165, 1.54) is 95.8 Å². The quantitative estimate of drug-likeness (QED) is 0.381. The van der Waals surface area contributed by atoms with Crippen LogP contribution in [-0.2, 0) is 6.42 Å². The van der Waals surface area contributed by atoms with Crippen LogP contribution in [0, 0.1) is 0 Å². The molecule has 2 nitrogen and oxygen atoms in total. The van der Waals surface area contributed by atoms with Crippen LogP contribution < -0.4 is 0 Å². The summed E-state index contributed by atoms with van der Waals surface area (Å²) in [6.45, 7) is 8.25. The lowest BCUT2D eigenvalue weighted by Crippen LogP contribution is -2.23. The van der Waals surface area contributed by atoms with E-state index in [4.69, 9.17) is 0 Å². The Bertz CT molecular complexity index is 348. The van der Waals surface area contributed by atoms with Crippen molar-refractivity contribution < 1.29 is 5.48 Å². The Balaban J connectivity index is 0.00000529. The van der Waals surface area contributed by atoms with Crippen LogP contribution >= 0.6 is 0 Å². The van der Waals surface area contributed by atoms with Gasteiger partial charge in [-0.15, -0.1) is 0 Å². The summed E-state index contributed by atoms with van der Waals surface area (Å²) >= 11 is 0. The SMILES string of the molecule is CCN(CC)CCCCCCCCCCCCc1ccccc1.O. The third kappa shape index (κ3) is 12.5. The summed E-state index contributed by atoms with van der Waals surface area (Å²) in [5.74, 6) is 0. The highest BCUT2D eigenvalue weighted by molar-refractivity contribution is 5.14. The summed E-state index contributed by atoms with van der Waals surface area (Å²) in [6, 6.07) is 10.9. The Labute approximate surface area is 151 Å². The van der Waals surface area contributed by atoms with Crippen LogP contribution in [-0.4, -0.2) is 30.0 Å². The van der Waals surface area contributed by atoms with Crippen molar-refractivity contribution in [3.63, 3.8) is 0 Å². The fourth-order valence-electron chi connectivity index (χ4n) is 3.26. The topological polar surface area (TPSA) is 34.7 Å². The van der Waals surface area contributed by atoms with E-state index in [1.807, 2.05) is 0 Å². The zero-order valence-corrected chi connectivity index (χ0v) is 16.2. The van der Waals surface area contributed by atoms with E-state index in [0.29, 0.717) is 0 Å². The molecule has 0 fully saturated rings. The molecule has 0 saturated heterocycles. The molecule has 2 N–H and O–H groups in total. The van der Waals surface area contributed by atoms with Crippen molar-refractivity contribution in [2.24, 2.45) is 0 Å². The average Bonchev–Trinajstić information content (AvgIpc) is 2.60. The predicted molar refractivity (Wildman–Crippen MR) is 108 cm³/mol. The molecule has 1 aromatic carbocycles. The molecule has 0 spiro atoms. The molecule has 0 amide bonds. The molecule has 0 unspecified atom stereocenters. The fraction of sp³-hybridized carbons (Fsp3) is 0.727. The predicted octanol–water partition coefficient (Wildman–Crippen LogP) is 5.65. The maximum Gasteiger partial charge on any atom is -0.00190 e. The smallest absolute Gasteiger partial charge is 0.00190 e. The van der Waals surface area contributed by atoms with Crippen LogP contribution in [0.25, 0.3) is 0 Å². The van der Waals surface area contributed by atoms with Crippen LogP contribution in [0.4, 0.5) is 0 Å². The summed E-state index contributed by atoms with van der Waals surface area (Å²) in [6.07, 6.45) is 15.5. The minimum absolute atomic E-state index is 0. The first-order valence-electron chi connectivity index (χ1n) is 10.1. The van der Waals surface area contributed by atoms with E-state index in [2.05, 4.69) is 49.1 Å². The molecule has 0 aliphatic carbocycles. The highest BCUT2D eigenvalue weighted by Crippen LogP contribution is 2.12. The van der Waals surface area contributed by atoms with E-state index in [-0.39, 0.29) is 5.48 Å². The molecule has 0 aliphatic heterocycles. The molecule has 1 aromatic rings. The largest absolute Gasteiger partial charge is 0.412 e. The fourth-order valence-corrected chi connectivity index (χ4v) is 3.26. The third-order valence-electron chi connectivity index (χ3n) is 4.93. The number of unbranched alkanes of at least 4 members (excludes halogenated alkanes) is 9. The summed E-state index contributed by atoms with van der Waals surface area (Å²) in [4.78, 5) is 2.54. The first-order chi connectivity index (χ1) is 11.4. The Morgan fingerprint density at radius 2 is 1.08 bits per heavy atom.